The minimum Gasteiger partial charge on any atom is -0.497 e. The smallest absolute Gasteiger partial charge is 0.405 e. The summed E-state index contributed by atoms with van der Waals surface area (Å²) in [6.45, 7) is -2.11. The van der Waals surface area contributed by atoms with Crippen molar-refractivity contribution < 1.29 is 50.7 Å². The number of ether oxygens (including phenoxy) is 1. The first kappa shape index (κ1) is 38.9. The second-order valence-electron chi connectivity index (χ2n) is 12.0. The number of benzene rings is 3. The molecule has 16 heteroatoms. The monoisotopic (exact) mass is 727 g/mol. The number of carbonyl (C=O) groups is 5. The first-order chi connectivity index (χ1) is 24.6. The van der Waals surface area contributed by atoms with Crippen LogP contribution in [0.25, 0.3) is 0 Å². The molecule has 0 aliphatic heterocycles. The van der Waals surface area contributed by atoms with Crippen molar-refractivity contribution in [1.82, 2.24) is 21.3 Å². The van der Waals surface area contributed by atoms with Gasteiger partial charge in [0.25, 0.3) is 11.8 Å². The molecule has 0 radical (unpaired) electrons. The van der Waals surface area contributed by atoms with Crippen LogP contribution in [-0.4, -0.2) is 67.2 Å². The van der Waals surface area contributed by atoms with E-state index in [-0.39, 0.29) is 36.0 Å². The fraction of sp³-hybridized carbons (Fsp3) is 0.333. The van der Waals surface area contributed by atoms with E-state index in [2.05, 4.69) is 16.0 Å². The molecule has 1 aliphatic carbocycles. The number of amides is 4. The van der Waals surface area contributed by atoms with Crippen molar-refractivity contribution in [3.8, 4) is 11.8 Å². The molecule has 0 aromatic heterocycles. The second-order valence-corrected chi connectivity index (χ2v) is 12.0. The topological polar surface area (TPSA) is 166 Å². The lowest BCUT2D eigenvalue weighted by Crippen LogP contribution is -2.60. The Labute approximate surface area is 294 Å². The summed E-state index contributed by atoms with van der Waals surface area (Å²) >= 11 is 0. The number of alkyl halides is 5. The molecular formula is C36H34F5N5O6. The highest BCUT2D eigenvalue weighted by Crippen LogP contribution is 2.34. The molecule has 0 bridgehead atoms. The van der Waals surface area contributed by atoms with Gasteiger partial charge in [-0.3, -0.25) is 24.0 Å². The van der Waals surface area contributed by atoms with E-state index in [0.29, 0.717) is 17.7 Å². The Kier molecular flexibility index (Phi) is 12.7. The van der Waals surface area contributed by atoms with Gasteiger partial charge in [-0.1, -0.05) is 48.9 Å². The maximum Gasteiger partial charge on any atom is 0.405 e. The number of halogens is 5. The second kappa shape index (κ2) is 16.9. The summed E-state index contributed by atoms with van der Waals surface area (Å²) in [6.07, 6.45) is -4.32. The quantitative estimate of drug-likeness (QED) is 0.136. The number of nitriles is 1. The predicted octanol–water partition coefficient (Wildman–Crippen LogP) is 3.93. The molecule has 1 fully saturated rings. The highest BCUT2D eigenvalue weighted by atomic mass is 19.4. The SMILES string of the molecule is COc1ccc(C(NC(=O)C(Cc2cccc(C#N)c2)NC(=O)c2ccccc2)C(=O)N[C@H](C(=O)C(F)(F)C(=O)NCC(F)(F)F)C2CCC2)cc1. The molecule has 274 valence electrons. The van der Waals surface area contributed by atoms with Crippen LogP contribution in [0.2, 0.25) is 0 Å². The van der Waals surface area contributed by atoms with Crippen molar-refractivity contribution in [3.05, 3.63) is 101 Å². The number of ketones is 1. The van der Waals surface area contributed by atoms with Crippen molar-refractivity contribution in [2.45, 2.75) is 55.9 Å². The van der Waals surface area contributed by atoms with Gasteiger partial charge in [0.15, 0.2) is 0 Å². The fourth-order valence-electron chi connectivity index (χ4n) is 5.39. The average molecular weight is 728 g/mol. The van der Waals surface area contributed by atoms with E-state index in [4.69, 9.17) is 4.74 Å². The number of hydrogen-bond acceptors (Lipinski definition) is 7. The van der Waals surface area contributed by atoms with Crippen LogP contribution in [0.15, 0.2) is 78.9 Å². The zero-order chi connectivity index (χ0) is 38.1. The third-order valence-electron chi connectivity index (χ3n) is 8.40. The van der Waals surface area contributed by atoms with Gasteiger partial charge in [-0.05, 0) is 66.3 Å². The predicted molar refractivity (Wildman–Crippen MR) is 175 cm³/mol. The number of Topliss-reactive ketones (excluding diaryl/α,β-unsaturated/α-hetero) is 1. The van der Waals surface area contributed by atoms with E-state index in [0.717, 1.165) is 5.32 Å². The van der Waals surface area contributed by atoms with Gasteiger partial charge in [0, 0.05) is 12.0 Å². The molecule has 52 heavy (non-hydrogen) atoms. The van der Waals surface area contributed by atoms with E-state index in [1.807, 2.05) is 6.07 Å². The molecule has 4 N–H and O–H groups in total. The third-order valence-corrected chi connectivity index (χ3v) is 8.40. The van der Waals surface area contributed by atoms with Crippen LogP contribution in [0.4, 0.5) is 22.0 Å². The first-order valence-corrected chi connectivity index (χ1v) is 16.0. The van der Waals surface area contributed by atoms with Gasteiger partial charge in [-0.25, -0.2) is 0 Å². The summed E-state index contributed by atoms with van der Waals surface area (Å²) in [5, 5.41) is 17.7. The molecule has 0 spiro atoms. The molecule has 3 atom stereocenters. The normalized spacial score (nSPS) is 14.7. The minimum atomic E-state index is -5.03. The Morgan fingerprint density at radius 3 is 2.12 bits per heavy atom. The summed E-state index contributed by atoms with van der Waals surface area (Å²) in [5.41, 5.74) is 1.05. The maximum absolute atomic E-state index is 15.0. The zero-order valence-corrected chi connectivity index (χ0v) is 27.6. The molecule has 4 rings (SSSR count). The highest BCUT2D eigenvalue weighted by molar-refractivity contribution is 6.11. The molecule has 3 aromatic carbocycles. The Balaban J connectivity index is 1.65. The van der Waals surface area contributed by atoms with Crippen molar-refractivity contribution >= 4 is 29.4 Å². The Hall–Kier alpha value is -5.85. The summed E-state index contributed by atoms with van der Waals surface area (Å²) in [6, 6.07) is 16.7. The molecular weight excluding hydrogens is 693 g/mol. The molecule has 0 heterocycles. The summed E-state index contributed by atoms with van der Waals surface area (Å²) in [5.74, 6) is -12.8. The lowest BCUT2D eigenvalue weighted by Gasteiger charge is -2.35. The van der Waals surface area contributed by atoms with E-state index in [1.165, 1.54) is 55.6 Å². The molecule has 1 aliphatic rings. The summed E-state index contributed by atoms with van der Waals surface area (Å²) in [4.78, 5) is 66.3. The molecule has 0 saturated heterocycles. The molecule has 4 amide bonds. The minimum absolute atomic E-state index is 0.0979. The summed E-state index contributed by atoms with van der Waals surface area (Å²) in [7, 11) is 1.38. The van der Waals surface area contributed by atoms with Gasteiger partial charge < -0.3 is 26.0 Å². The largest absolute Gasteiger partial charge is 0.497 e. The van der Waals surface area contributed by atoms with Crippen LogP contribution in [0.1, 0.15) is 52.4 Å². The van der Waals surface area contributed by atoms with Gasteiger partial charge in [0.05, 0.1) is 24.8 Å². The van der Waals surface area contributed by atoms with Gasteiger partial charge >= 0.3 is 12.1 Å². The van der Waals surface area contributed by atoms with E-state index in [9.17, 15) is 42.4 Å². The van der Waals surface area contributed by atoms with Crippen LogP contribution >= 0.6 is 0 Å². The lowest BCUT2D eigenvalue weighted by atomic mass is 9.77. The van der Waals surface area contributed by atoms with E-state index >= 15 is 8.78 Å². The van der Waals surface area contributed by atoms with Crippen LogP contribution in [-0.2, 0) is 25.6 Å². The molecule has 3 aromatic rings. The van der Waals surface area contributed by atoms with E-state index in [1.54, 1.807) is 30.3 Å². The Bertz CT molecular complexity index is 1810. The van der Waals surface area contributed by atoms with Crippen LogP contribution < -0.4 is 26.0 Å². The van der Waals surface area contributed by atoms with Crippen molar-refractivity contribution in [1.29, 1.82) is 5.26 Å². The number of nitrogens with one attached hydrogen (secondary N) is 4. The third kappa shape index (κ3) is 10.1. The van der Waals surface area contributed by atoms with Crippen LogP contribution in [0.5, 0.6) is 5.75 Å². The molecule has 11 nitrogen and oxygen atoms in total. The van der Waals surface area contributed by atoms with Crippen LogP contribution in [0.3, 0.4) is 0 Å². The number of carbonyl (C=O) groups excluding carboxylic acids is 5. The van der Waals surface area contributed by atoms with Crippen LogP contribution in [0, 0.1) is 17.2 Å². The lowest BCUT2D eigenvalue weighted by molar-refractivity contribution is -0.166. The molecule has 1 saturated carbocycles. The van der Waals surface area contributed by atoms with Crippen molar-refractivity contribution in [2.24, 2.45) is 5.92 Å². The number of methoxy groups -OCH3 is 1. The number of hydrogen-bond donors (Lipinski definition) is 4. The van der Waals surface area contributed by atoms with Gasteiger partial charge in [0.1, 0.15) is 24.4 Å². The Morgan fingerprint density at radius 1 is 0.865 bits per heavy atom. The van der Waals surface area contributed by atoms with Gasteiger partial charge in [-0.15, -0.1) is 0 Å². The Morgan fingerprint density at radius 2 is 1.54 bits per heavy atom. The number of nitrogens with zero attached hydrogens (tertiary/aromatic N) is 1. The maximum atomic E-state index is 15.0. The van der Waals surface area contributed by atoms with Crippen molar-refractivity contribution in [2.75, 3.05) is 13.7 Å². The highest BCUT2D eigenvalue weighted by Gasteiger charge is 2.53. The zero-order valence-electron chi connectivity index (χ0n) is 27.6. The summed E-state index contributed by atoms with van der Waals surface area (Å²) < 4.78 is 73.1. The van der Waals surface area contributed by atoms with Gasteiger partial charge in [0.2, 0.25) is 17.6 Å². The van der Waals surface area contributed by atoms with E-state index < -0.39 is 72.1 Å². The average Bonchev–Trinajstić information content (AvgIpc) is 3.11. The molecule has 2 unspecified atom stereocenters. The van der Waals surface area contributed by atoms with Gasteiger partial charge in [-0.2, -0.15) is 27.2 Å². The van der Waals surface area contributed by atoms with Crippen molar-refractivity contribution in [3.63, 3.8) is 0 Å². The fourth-order valence-corrected chi connectivity index (χ4v) is 5.39. The standard InChI is InChI=1S/C36H34F5N5O6/c1-52-26-15-13-24(14-16-26)29(33(50)45-28(23-11-6-12-23)30(47)36(40,41)34(51)43-20-35(37,38)39)46-32(49)27(18-21-7-5-8-22(17-21)19-42)44-31(48)25-9-3-2-4-10-25/h2-5,7-10,13-17,23,27-29H,6,11-12,18,20H2,1H3,(H,43,51)(H,44,48)(H,45,50)(H,46,49)/t27?,28-,29?/m0/s1. The first-order valence-electron chi connectivity index (χ1n) is 16.0. The number of rotatable bonds is 15.